The summed E-state index contributed by atoms with van der Waals surface area (Å²) in [5.74, 6) is -3.14. The van der Waals surface area contributed by atoms with Crippen molar-refractivity contribution in [2.75, 3.05) is 7.11 Å². The number of carbonyl (C=O) groups is 2. The first-order chi connectivity index (χ1) is 9.67. The fourth-order valence-corrected chi connectivity index (χ4v) is 2.97. The second-order valence-corrected chi connectivity index (χ2v) is 6.02. The van der Waals surface area contributed by atoms with Gasteiger partial charge in [-0.15, -0.1) is 0 Å². The molecule has 0 amide bonds. The average Bonchev–Trinajstić information content (AvgIpc) is 2.36. The Hall–Kier alpha value is -1.84. The van der Waals surface area contributed by atoms with Gasteiger partial charge < -0.3 is 14.9 Å². The number of methoxy groups -OCH3 is 1. The zero-order valence-electron chi connectivity index (χ0n) is 10.7. The zero-order valence-corrected chi connectivity index (χ0v) is 12.3. The van der Waals surface area contributed by atoms with Crippen LogP contribution in [0.1, 0.15) is 6.42 Å². The zero-order chi connectivity index (χ0) is 16.2. The lowest BCUT2D eigenvalue weighted by atomic mass is 10.2. The van der Waals surface area contributed by atoms with Gasteiger partial charge in [0.1, 0.15) is 16.7 Å². The Morgan fingerprint density at radius 1 is 1.38 bits per heavy atom. The molecule has 0 aliphatic heterocycles. The predicted octanol–water partition coefficient (Wildman–Crippen LogP) is 0.555. The third-order valence-corrected chi connectivity index (χ3v) is 4.14. The van der Waals surface area contributed by atoms with E-state index in [2.05, 4.69) is 0 Å². The van der Waals surface area contributed by atoms with Crippen LogP contribution in [0.5, 0.6) is 5.75 Å². The molecule has 0 aliphatic rings. The molecule has 0 saturated carbocycles. The van der Waals surface area contributed by atoms with Crippen LogP contribution in [-0.4, -0.2) is 43.7 Å². The summed E-state index contributed by atoms with van der Waals surface area (Å²) >= 11 is 5.70. The van der Waals surface area contributed by atoms with Gasteiger partial charge in [0, 0.05) is 11.1 Å². The van der Waals surface area contributed by atoms with E-state index in [1.54, 1.807) is 4.72 Å². The maximum atomic E-state index is 12.1. The Balaban J connectivity index is 3.16. The third kappa shape index (κ3) is 4.59. The first-order valence-electron chi connectivity index (χ1n) is 5.48. The van der Waals surface area contributed by atoms with Crippen molar-refractivity contribution in [3.63, 3.8) is 0 Å². The minimum Gasteiger partial charge on any atom is -0.495 e. The van der Waals surface area contributed by atoms with Gasteiger partial charge in [-0.25, -0.2) is 8.42 Å². The fraction of sp³-hybridized carbons (Fsp3) is 0.273. The third-order valence-electron chi connectivity index (χ3n) is 2.39. The van der Waals surface area contributed by atoms with Crippen molar-refractivity contribution in [3.8, 4) is 5.75 Å². The molecule has 10 heteroatoms. The smallest absolute Gasteiger partial charge is 0.322 e. The van der Waals surface area contributed by atoms with Crippen LogP contribution in [-0.2, 0) is 19.6 Å². The quantitative estimate of drug-likeness (QED) is 0.662. The van der Waals surface area contributed by atoms with Crippen LogP contribution in [0.3, 0.4) is 0 Å². The van der Waals surface area contributed by atoms with E-state index in [0.29, 0.717) is 0 Å². The number of aliphatic carboxylic acids is 2. The first-order valence-corrected chi connectivity index (χ1v) is 7.34. The molecule has 1 unspecified atom stereocenters. The summed E-state index contributed by atoms with van der Waals surface area (Å²) < 4.78 is 30.9. The summed E-state index contributed by atoms with van der Waals surface area (Å²) in [7, 11) is -3.07. The summed E-state index contributed by atoms with van der Waals surface area (Å²) in [6.45, 7) is 0. The standard InChI is InChI=1S/C11H12ClNO7S/c1-20-8-4-6(12)2-3-9(8)21(18,19)13-7(11(16)17)5-10(14)15/h2-4,7,13H,5H2,1H3,(H,14,15)(H,16,17). The molecule has 0 bridgehead atoms. The molecule has 116 valence electrons. The molecule has 1 atom stereocenters. The van der Waals surface area contributed by atoms with Crippen molar-refractivity contribution in [1.82, 2.24) is 4.72 Å². The topological polar surface area (TPSA) is 130 Å². The number of carboxylic acids is 2. The molecule has 0 saturated heterocycles. The summed E-state index contributed by atoms with van der Waals surface area (Å²) in [4.78, 5) is 21.1. The second kappa shape index (κ2) is 6.74. The van der Waals surface area contributed by atoms with Crippen LogP contribution in [0.15, 0.2) is 23.1 Å². The van der Waals surface area contributed by atoms with E-state index in [9.17, 15) is 18.0 Å². The number of nitrogens with one attached hydrogen (secondary N) is 1. The van der Waals surface area contributed by atoms with E-state index in [0.717, 1.165) is 6.07 Å². The van der Waals surface area contributed by atoms with Crippen molar-refractivity contribution in [2.45, 2.75) is 17.4 Å². The van der Waals surface area contributed by atoms with Crippen LogP contribution < -0.4 is 9.46 Å². The summed E-state index contributed by atoms with van der Waals surface area (Å²) in [5, 5.41) is 17.7. The molecule has 8 nitrogen and oxygen atoms in total. The van der Waals surface area contributed by atoms with Crippen molar-refractivity contribution in [2.24, 2.45) is 0 Å². The lowest BCUT2D eigenvalue weighted by Crippen LogP contribution is -2.42. The highest BCUT2D eigenvalue weighted by atomic mass is 35.5. The Bertz CT molecular complexity index is 659. The van der Waals surface area contributed by atoms with Gasteiger partial charge in [-0.1, -0.05) is 11.6 Å². The fourth-order valence-electron chi connectivity index (χ4n) is 1.47. The molecule has 0 heterocycles. The SMILES string of the molecule is COc1cc(Cl)ccc1S(=O)(=O)NC(CC(=O)O)C(=O)O. The number of rotatable bonds is 7. The van der Waals surface area contributed by atoms with E-state index in [-0.39, 0.29) is 15.7 Å². The van der Waals surface area contributed by atoms with Crippen molar-refractivity contribution >= 4 is 33.6 Å². The number of hydrogen-bond acceptors (Lipinski definition) is 5. The molecule has 1 aromatic carbocycles. The molecule has 1 rings (SSSR count). The summed E-state index contributed by atoms with van der Waals surface area (Å²) in [5.41, 5.74) is 0. The first kappa shape index (κ1) is 17.2. The van der Waals surface area contributed by atoms with Gasteiger partial charge in [-0.2, -0.15) is 4.72 Å². The Labute approximate surface area is 125 Å². The molecule has 0 aromatic heterocycles. The number of benzene rings is 1. The van der Waals surface area contributed by atoms with Gasteiger partial charge in [0.2, 0.25) is 10.0 Å². The lowest BCUT2D eigenvalue weighted by Gasteiger charge is -2.15. The number of hydrogen-bond donors (Lipinski definition) is 3. The molecular weight excluding hydrogens is 326 g/mol. The minimum atomic E-state index is -4.29. The maximum Gasteiger partial charge on any atom is 0.322 e. The Kier molecular flexibility index (Phi) is 5.53. The average molecular weight is 338 g/mol. The summed E-state index contributed by atoms with van der Waals surface area (Å²) in [6, 6.07) is 1.85. The monoisotopic (exact) mass is 337 g/mol. The highest BCUT2D eigenvalue weighted by Crippen LogP contribution is 2.27. The van der Waals surface area contributed by atoms with E-state index >= 15 is 0 Å². The molecule has 0 radical (unpaired) electrons. The van der Waals surface area contributed by atoms with Crippen LogP contribution in [0.2, 0.25) is 5.02 Å². The second-order valence-electron chi connectivity index (χ2n) is 3.91. The van der Waals surface area contributed by atoms with E-state index in [1.165, 1.54) is 19.2 Å². The van der Waals surface area contributed by atoms with Gasteiger partial charge in [-0.05, 0) is 12.1 Å². The molecule has 0 spiro atoms. The van der Waals surface area contributed by atoms with Gasteiger partial charge >= 0.3 is 11.9 Å². The molecule has 3 N–H and O–H groups in total. The Morgan fingerprint density at radius 3 is 2.48 bits per heavy atom. The van der Waals surface area contributed by atoms with Crippen LogP contribution in [0, 0.1) is 0 Å². The Morgan fingerprint density at radius 2 is 2.00 bits per heavy atom. The van der Waals surface area contributed by atoms with E-state index in [4.69, 9.17) is 26.6 Å². The predicted molar refractivity (Wildman–Crippen MR) is 72.0 cm³/mol. The van der Waals surface area contributed by atoms with Gasteiger partial charge in [0.05, 0.1) is 13.5 Å². The van der Waals surface area contributed by atoms with Crippen LogP contribution >= 0.6 is 11.6 Å². The normalized spacial score (nSPS) is 12.7. The molecule has 0 aliphatic carbocycles. The van der Waals surface area contributed by atoms with Crippen molar-refractivity contribution < 1.29 is 33.0 Å². The van der Waals surface area contributed by atoms with E-state index in [1.807, 2.05) is 0 Å². The number of halogens is 1. The number of sulfonamides is 1. The minimum absolute atomic E-state index is 0.0885. The highest BCUT2D eigenvalue weighted by Gasteiger charge is 2.29. The largest absolute Gasteiger partial charge is 0.495 e. The number of carboxylic acid groups (broad SMARTS) is 2. The molecule has 0 fully saturated rings. The lowest BCUT2D eigenvalue weighted by molar-refractivity contribution is -0.145. The van der Waals surface area contributed by atoms with Crippen LogP contribution in [0.25, 0.3) is 0 Å². The number of ether oxygens (including phenoxy) is 1. The molecular formula is C11H12ClNO7S. The van der Waals surface area contributed by atoms with Gasteiger partial charge in [0.25, 0.3) is 0 Å². The maximum absolute atomic E-state index is 12.1. The van der Waals surface area contributed by atoms with Crippen LogP contribution in [0.4, 0.5) is 0 Å². The molecule has 1 aromatic rings. The van der Waals surface area contributed by atoms with E-state index < -0.39 is 34.4 Å². The van der Waals surface area contributed by atoms with Crippen molar-refractivity contribution in [3.05, 3.63) is 23.2 Å². The van der Waals surface area contributed by atoms with Crippen molar-refractivity contribution in [1.29, 1.82) is 0 Å². The van der Waals surface area contributed by atoms with Gasteiger partial charge in [-0.3, -0.25) is 9.59 Å². The summed E-state index contributed by atoms with van der Waals surface area (Å²) in [6.07, 6.45) is -0.898. The van der Waals surface area contributed by atoms with Gasteiger partial charge in [0.15, 0.2) is 0 Å². The molecule has 21 heavy (non-hydrogen) atoms. The highest BCUT2D eigenvalue weighted by molar-refractivity contribution is 7.89.